The van der Waals surface area contributed by atoms with Crippen LogP contribution in [0.25, 0.3) is 0 Å². The Morgan fingerprint density at radius 3 is 1.60 bits per heavy atom. The Hall–Kier alpha value is -1.10. The zero-order valence-electron chi connectivity index (χ0n) is 25.8. The van der Waals surface area contributed by atoms with Gasteiger partial charge < -0.3 is 14.8 Å². The molecule has 1 N–H and O–H groups in total. The van der Waals surface area contributed by atoms with Crippen molar-refractivity contribution < 1.29 is 19.1 Å². The highest BCUT2D eigenvalue weighted by molar-refractivity contribution is 5.70. The summed E-state index contributed by atoms with van der Waals surface area (Å²) < 4.78 is 10.8. The maximum absolute atomic E-state index is 11.9. The van der Waals surface area contributed by atoms with E-state index in [0.717, 1.165) is 45.2 Å². The van der Waals surface area contributed by atoms with Crippen molar-refractivity contribution in [2.45, 2.75) is 171 Å². The Labute approximate surface area is 220 Å². The number of ether oxygens (including phenoxy) is 2. The zero-order chi connectivity index (χ0) is 28.0. The Balaban J connectivity index is -0.000000528. The van der Waals surface area contributed by atoms with Crippen LogP contribution in [0.15, 0.2) is 0 Å². The van der Waals surface area contributed by atoms with Crippen molar-refractivity contribution in [1.29, 1.82) is 0 Å². The molecule has 0 amide bonds. The van der Waals surface area contributed by atoms with Crippen LogP contribution in [0.1, 0.15) is 160 Å². The van der Waals surface area contributed by atoms with Gasteiger partial charge in [-0.25, -0.2) is 0 Å². The molecule has 5 heteroatoms. The largest absolute Gasteiger partial charge is 0.462 e. The molecule has 0 aliphatic rings. The Kier molecular flexibility index (Phi) is 38.6. The molecule has 0 aliphatic carbocycles. The summed E-state index contributed by atoms with van der Waals surface area (Å²) in [7, 11) is 0. The molecule has 0 bridgehead atoms. The summed E-state index contributed by atoms with van der Waals surface area (Å²) in [5.41, 5.74) is -0.420. The first-order chi connectivity index (χ1) is 16.6. The number of hydrogen-bond donors (Lipinski definition) is 1. The second kappa shape index (κ2) is 32.9. The quantitative estimate of drug-likeness (QED) is 0.168. The van der Waals surface area contributed by atoms with Gasteiger partial charge in [-0.1, -0.05) is 93.9 Å². The Morgan fingerprint density at radius 1 is 0.714 bits per heavy atom. The van der Waals surface area contributed by atoms with E-state index in [1.54, 1.807) is 0 Å². The third-order valence-electron chi connectivity index (χ3n) is 4.27. The minimum Gasteiger partial charge on any atom is -0.462 e. The molecule has 0 spiro atoms. The van der Waals surface area contributed by atoms with Gasteiger partial charge in [-0.2, -0.15) is 0 Å². The second-order valence-corrected chi connectivity index (χ2v) is 9.68. The van der Waals surface area contributed by atoms with E-state index >= 15 is 0 Å². The number of carbonyl (C=O) groups is 2. The summed E-state index contributed by atoms with van der Waals surface area (Å²) in [6.45, 7) is 23.9. The number of esters is 2. The molecule has 0 fully saturated rings. The second-order valence-electron chi connectivity index (χ2n) is 9.68. The maximum Gasteiger partial charge on any atom is 0.306 e. The molecule has 35 heavy (non-hydrogen) atoms. The Morgan fingerprint density at radius 2 is 1.17 bits per heavy atom. The predicted octanol–water partition coefficient (Wildman–Crippen LogP) is 9.02. The van der Waals surface area contributed by atoms with Crippen LogP contribution in [-0.2, 0) is 19.1 Å². The molecule has 1 unspecified atom stereocenters. The first-order valence-corrected chi connectivity index (χ1v) is 14.7. The van der Waals surface area contributed by atoms with Crippen molar-refractivity contribution >= 4 is 11.9 Å². The van der Waals surface area contributed by atoms with Gasteiger partial charge in [-0.05, 0) is 66.0 Å². The van der Waals surface area contributed by atoms with Gasteiger partial charge in [0.2, 0.25) is 0 Å². The van der Waals surface area contributed by atoms with Gasteiger partial charge in [0.25, 0.3) is 0 Å². The van der Waals surface area contributed by atoms with E-state index in [1.165, 1.54) is 38.5 Å². The van der Waals surface area contributed by atoms with Gasteiger partial charge in [0.05, 0.1) is 0 Å². The summed E-state index contributed by atoms with van der Waals surface area (Å²) in [5.74, 6) is -0.251. The van der Waals surface area contributed by atoms with Gasteiger partial charge in [-0.15, -0.1) is 0 Å². The minimum atomic E-state index is -0.420. The molecule has 0 saturated heterocycles. The molecule has 0 aromatic rings. The lowest BCUT2D eigenvalue weighted by molar-refractivity contribution is -0.155. The van der Waals surface area contributed by atoms with Crippen molar-refractivity contribution in [3.05, 3.63) is 0 Å². The van der Waals surface area contributed by atoms with E-state index in [9.17, 15) is 9.59 Å². The lowest BCUT2D eigenvalue weighted by Gasteiger charge is -2.19. The molecule has 0 aliphatic heterocycles. The normalized spacial score (nSPS) is 10.9. The van der Waals surface area contributed by atoms with Crippen LogP contribution in [0.2, 0.25) is 0 Å². The fraction of sp³-hybridized carbons (Fsp3) is 0.933. The lowest BCUT2D eigenvalue weighted by Crippen LogP contribution is -2.25. The molecule has 0 saturated carbocycles. The average molecular weight is 504 g/mol. The molecule has 5 nitrogen and oxygen atoms in total. The maximum atomic E-state index is 11.9. The van der Waals surface area contributed by atoms with Crippen molar-refractivity contribution in [1.82, 2.24) is 5.32 Å². The number of rotatable bonds is 16. The van der Waals surface area contributed by atoms with Gasteiger partial charge in [-0.3, -0.25) is 9.59 Å². The highest BCUT2D eigenvalue weighted by atomic mass is 16.6. The van der Waals surface area contributed by atoms with Gasteiger partial charge in [0.15, 0.2) is 0 Å². The number of carbonyl (C=O) groups excluding carboxylic acids is 2. The summed E-state index contributed by atoms with van der Waals surface area (Å²) in [6.07, 6.45) is 13.0. The highest BCUT2D eigenvalue weighted by Crippen LogP contribution is 2.13. The van der Waals surface area contributed by atoms with E-state index in [4.69, 9.17) is 9.47 Å². The SMILES string of the molecule is CC.CCC.CCC.CCCCCCCC(CC)OC(=O)CCCNCCCC(=O)OC(C)(C)C. The van der Waals surface area contributed by atoms with Crippen molar-refractivity contribution in [2.75, 3.05) is 13.1 Å². The van der Waals surface area contributed by atoms with Crippen molar-refractivity contribution in [3.8, 4) is 0 Å². The first kappa shape index (κ1) is 41.0. The summed E-state index contributed by atoms with van der Waals surface area (Å²) in [5, 5.41) is 3.26. The summed E-state index contributed by atoms with van der Waals surface area (Å²) in [6, 6.07) is 0. The summed E-state index contributed by atoms with van der Waals surface area (Å²) in [4.78, 5) is 23.5. The smallest absolute Gasteiger partial charge is 0.306 e. The minimum absolute atomic E-state index is 0.0703. The third-order valence-corrected chi connectivity index (χ3v) is 4.27. The number of unbranched alkanes of at least 4 members (excludes halogenated alkanes) is 4. The van der Waals surface area contributed by atoms with E-state index < -0.39 is 5.60 Å². The van der Waals surface area contributed by atoms with Crippen LogP contribution in [0, 0.1) is 0 Å². The Bertz CT molecular complexity index is 417. The lowest BCUT2D eigenvalue weighted by atomic mass is 10.1. The number of nitrogens with one attached hydrogen (secondary N) is 1. The van der Waals surface area contributed by atoms with Crippen LogP contribution < -0.4 is 5.32 Å². The predicted molar refractivity (Wildman–Crippen MR) is 154 cm³/mol. The molecule has 1 atom stereocenters. The van der Waals surface area contributed by atoms with Crippen molar-refractivity contribution in [2.24, 2.45) is 0 Å². The molecular weight excluding hydrogens is 438 g/mol. The van der Waals surface area contributed by atoms with Crippen LogP contribution in [0.3, 0.4) is 0 Å². The van der Waals surface area contributed by atoms with E-state index in [2.05, 4.69) is 46.9 Å². The van der Waals surface area contributed by atoms with E-state index in [-0.39, 0.29) is 18.0 Å². The van der Waals surface area contributed by atoms with Gasteiger partial charge >= 0.3 is 11.9 Å². The monoisotopic (exact) mass is 503 g/mol. The molecule has 214 valence electrons. The summed E-state index contributed by atoms with van der Waals surface area (Å²) >= 11 is 0. The van der Waals surface area contributed by atoms with Crippen LogP contribution in [0.5, 0.6) is 0 Å². The molecule has 0 aromatic heterocycles. The molecule has 0 heterocycles. The first-order valence-electron chi connectivity index (χ1n) is 14.7. The van der Waals surface area contributed by atoms with Crippen molar-refractivity contribution in [3.63, 3.8) is 0 Å². The topological polar surface area (TPSA) is 64.6 Å². The van der Waals surface area contributed by atoms with Gasteiger partial charge in [0.1, 0.15) is 11.7 Å². The van der Waals surface area contributed by atoms with Crippen LogP contribution in [-0.4, -0.2) is 36.7 Å². The van der Waals surface area contributed by atoms with E-state index in [0.29, 0.717) is 12.8 Å². The number of hydrogen-bond acceptors (Lipinski definition) is 5. The zero-order valence-corrected chi connectivity index (χ0v) is 25.8. The molecule has 0 radical (unpaired) electrons. The van der Waals surface area contributed by atoms with E-state index in [1.807, 2.05) is 34.6 Å². The van der Waals surface area contributed by atoms with Gasteiger partial charge in [0, 0.05) is 12.8 Å². The fourth-order valence-corrected chi connectivity index (χ4v) is 2.80. The fourth-order valence-electron chi connectivity index (χ4n) is 2.80. The molecule has 0 aromatic carbocycles. The third kappa shape index (κ3) is 43.4. The molecular formula is C30H65NO4. The molecule has 0 rings (SSSR count). The standard InChI is InChI=1S/C22H43NO4.2C3H8.C2H6/c1-6-8-9-10-11-14-19(7-2)26-20(24)15-12-17-23-18-13-16-21(25)27-22(3,4)5;2*1-3-2;1-2/h19,23H,6-18H2,1-5H3;2*3H2,1-2H3;1-2H3. The van der Waals surface area contributed by atoms with Crippen LogP contribution in [0.4, 0.5) is 0 Å². The van der Waals surface area contributed by atoms with Crippen LogP contribution >= 0.6 is 0 Å². The average Bonchev–Trinajstić information content (AvgIpc) is 2.78. The highest BCUT2D eigenvalue weighted by Gasteiger charge is 2.15.